The van der Waals surface area contributed by atoms with Crippen LogP contribution in [-0.4, -0.2) is 5.91 Å². The molecule has 0 aromatic heterocycles. The van der Waals surface area contributed by atoms with E-state index in [1.165, 1.54) is 11.1 Å². The molecule has 24 heavy (non-hydrogen) atoms. The fourth-order valence-corrected chi connectivity index (χ4v) is 2.82. The van der Waals surface area contributed by atoms with E-state index in [4.69, 9.17) is 0 Å². The largest absolute Gasteiger partial charge is 0.346 e. The molecule has 3 heteroatoms. The van der Waals surface area contributed by atoms with Crippen molar-refractivity contribution in [2.75, 3.05) is 0 Å². The van der Waals surface area contributed by atoms with Crippen LogP contribution in [0.1, 0.15) is 28.9 Å². The molecule has 3 aromatic rings. The molecule has 0 aliphatic heterocycles. The Labute approximate surface area is 150 Å². The van der Waals surface area contributed by atoms with Crippen LogP contribution in [-0.2, 0) is 0 Å². The van der Waals surface area contributed by atoms with E-state index in [9.17, 15) is 4.79 Å². The van der Waals surface area contributed by atoms with Crippen LogP contribution in [0.5, 0.6) is 0 Å². The van der Waals surface area contributed by atoms with E-state index >= 15 is 0 Å². The molecule has 1 N–H and O–H groups in total. The first-order chi connectivity index (χ1) is 11.6. The second-order valence-electron chi connectivity index (χ2n) is 5.69. The zero-order valence-corrected chi connectivity index (χ0v) is 15.0. The Bertz CT molecular complexity index is 811. The number of carbonyl (C=O) groups is 1. The molecule has 0 radical (unpaired) electrons. The summed E-state index contributed by atoms with van der Waals surface area (Å²) in [6, 6.07) is 25.9. The summed E-state index contributed by atoms with van der Waals surface area (Å²) < 4.78 is 0.962. The molecule has 0 aliphatic rings. The molecule has 3 aromatic carbocycles. The van der Waals surface area contributed by atoms with Gasteiger partial charge in [0.1, 0.15) is 0 Å². The fourth-order valence-electron chi connectivity index (χ4n) is 2.56. The van der Waals surface area contributed by atoms with Crippen molar-refractivity contribution in [3.63, 3.8) is 0 Å². The van der Waals surface area contributed by atoms with Crippen molar-refractivity contribution in [1.29, 1.82) is 0 Å². The topological polar surface area (TPSA) is 29.1 Å². The molecule has 1 amide bonds. The number of halogens is 1. The smallest absolute Gasteiger partial charge is 0.251 e. The van der Waals surface area contributed by atoms with Gasteiger partial charge in [-0.25, -0.2) is 0 Å². The molecule has 0 saturated heterocycles. The van der Waals surface area contributed by atoms with E-state index in [1.54, 1.807) is 0 Å². The highest BCUT2D eigenvalue weighted by atomic mass is 79.9. The summed E-state index contributed by atoms with van der Waals surface area (Å²) in [5.41, 5.74) is 4.10. The van der Waals surface area contributed by atoms with Gasteiger partial charge in [0, 0.05) is 10.0 Å². The molecule has 1 atom stereocenters. The number of amides is 1. The molecule has 0 spiro atoms. The van der Waals surface area contributed by atoms with Gasteiger partial charge in [-0.05, 0) is 47.9 Å². The molecule has 0 saturated carbocycles. The van der Waals surface area contributed by atoms with E-state index in [-0.39, 0.29) is 11.9 Å². The van der Waals surface area contributed by atoms with Crippen molar-refractivity contribution in [1.82, 2.24) is 5.32 Å². The number of nitrogens with one attached hydrogen (secondary N) is 1. The van der Waals surface area contributed by atoms with Crippen molar-refractivity contribution < 1.29 is 4.79 Å². The van der Waals surface area contributed by atoms with E-state index in [1.807, 2.05) is 49.4 Å². The lowest BCUT2D eigenvalue weighted by molar-refractivity contribution is 0.0940. The molecule has 0 unspecified atom stereocenters. The number of hydrogen-bond acceptors (Lipinski definition) is 1. The van der Waals surface area contributed by atoms with Crippen LogP contribution in [0.15, 0.2) is 83.3 Å². The first kappa shape index (κ1) is 16.5. The standard InChI is InChI=1S/C21H18BrNO/c1-15(23-21(24)19-11-13-20(22)14-12-19)16-7-9-18(10-8-16)17-5-3-2-4-6-17/h2-15H,1H3,(H,23,24)/t15-/m1/s1. The summed E-state index contributed by atoms with van der Waals surface area (Å²) in [5.74, 6) is -0.0675. The Hall–Kier alpha value is -2.39. The Morgan fingerprint density at radius 1 is 0.833 bits per heavy atom. The van der Waals surface area contributed by atoms with Crippen LogP contribution in [0.2, 0.25) is 0 Å². The Morgan fingerprint density at radius 3 is 2.04 bits per heavy atom. The van der Waals surface area contributed by atoms with Gasteiger partial charge >= 0.3 is 0 Å². The van der Waals surface area contributed by atoms with Gasteiger partial charge in [0.15, 0.2) is 0 Å². The molecule has 120 valence electrons. The van der Waals surface area contributed by atoms with E-state index in [2.05, 4.69) is 57.6 Å². The van der Waals surface area contributed by atoms with Crippen LogP contribution >= 0.6 is 15.9 Å². The maximum atomic E-state index is 12.3. The maximum absolute atomic E-state index is 12.3. The third-order valence-corrected chi connectivity index (χ3v) is 4.50. The minimum Gasteiger partial charge on any atom is -0.346 e. The van der Waals surface area contributed by atoms with Crippen LogP contribution in [0.4, 0.5) is 0 Å². The number of carbonyl (C=O) groups excluding carboxylic acids is 1. The van der Waals surface area contributed by atoms with Gasteiger partial charge in [0.05, 0.1) is 6.04 Å². The molecule has 3 rings (SSSR count). The molecule has 0 fully saturated rings. The number of rotatable bonds is 4. The van der Waals surface area contributed by atoms with Crippen molar-refractivity contribution in [2.45, 2.75) is 13.0 Å². The summed E-state index contributed by atoms with van der Waals surface area (Å²) in [6.07, 6.45) is 0. The molecule has 0 heterocycles. The van der Waals surface area contributed by atoms with Gasteiger partial charge in [-0.2, -0.15) is 0 Å². The predicted molar refractivity (Wildman–Crippen MR) is 102 cm³/mol. The summed E-state index contributed by atoms with van der Waals surface area (Å²) in [7, 11) is 0. The molecular formula is C21H18BrNO. The van der Waals surface area contributed by atoms with Gasteiger partial charge in [0.2, 0.25) is 0 Å². The lowest BCUT2D eigenvalue weighted by Crippen LogP contribution is -2.26. The van der Waals surface area contributed by atoms with E-state index in [0.29, 0.717) is 5.56 Å². The van der Waals surface area contributed by atoms with Gasteiger partial charge in [-0.15, -0.1) is 0 Å². The van der Waals surface area contributed by atoms with Crippen molar-refractivity contribution in [2.24, 2.45) is 0 Å². The van der Waals surface area contributed by atoms with Crippen molar-refractivity contribution >= 4 is 21.8 Å². The van der Waals surface area contributed by atoms with Gasteiger partial charge in [-0.1, -0.05) is 70.5 Å². The molecule has 0 bridgehead atoms. The quantitative estimate of drug-likeness (QED) is 0.627. The van der Waals surface area contributed by atoms with Crippen molar-refractivity contribution in [3.8, 4) is 11.1 Å². The lowest BCUT2D eigenvalue weighted by Gasteiger charge is -2.15. The normalized spacial score (nSPS) is 11.8. The Balaban J connectivity index is 1.70. The van der Waals surface area contributed by atoms with Crippen LogP contribution in [0, 0.1) is 0 Å². The highest BCUT2D eigenvalue weighted by molar-refractivity contribution is 9.10. The second-order valence-corrected chi connectivity index (χ2v) is 6.61. The fraction of sp³-hybridized carbons (Fsp3) is 0.0952. The predicted octanol–water partition coefficient (Wildman–Crippen LogP) is 5.61. The van der Waals surface area contributed by atoms with Gasteiger partial charge < -0.3 is 5.32 Å². The first-order valence-corrected chi connectivity index (χ1v) is 8.64. The zero-order chi connectivity index (χ0) is 16.9. The SMILES string of the molecule is C[C@@H](NC(=O)c1ccc(Br)cc1)c1ccc(-c2ccccc2)cc1. The summed E-state index contributed by atoms with van der Waals surface area (Å²) in [6.45, 7) is 1.99. The van der Waals surface area contributed by atoms with E-state index < -0.39 is 0 Å². The third-order valence-electron chi connectivity index (χ3n) is 3.97. The van der Waals surface area contributed by atoms with E-state index in [0.717, 1.165) is 10.0 Å². The Kier molecular flexibility index (Phi) is 5.11. The lowest BCUT2D eigenvalue weighted by atomic mass is 10.0. The number of hydrogen-bond donors (Lipinski definition) is 1. The van der Waals surface area contributed by atoms with Gasteiger partial charge in [-0.3, -0.25) is 4.79 Å². The summed E-state index contributed by atoms with van der Waals surface area (Å²) in [5, 5.41) is 3.04. The Morgan fingerprint density at radius 2 is 1.42 bits per heavy atom. The molecule has 2 nitrogen and oxygen atoms in total. The third kappa shape index (κ3) is 3.92. The first-order valence-electron chi connectivity index (χ1n) is 7.85. The highest BCUT2D eigenvalue weighted by Crippen LogP contribution is 2.22. The zero-order valence-electron chi connectivity index (χ0n) is 13.4. The molecular weight excluding hydrogens is 362 g/mol. The van der Waals surface area contributed by atoms with Crippen LogP contribution in [0.25, 0.3) is 11.1 Å². The average Bonchev–Trinajstić information content (AvgIpc) is 2.63. The van der Waals surface area contributed by atoms with Gasteiger partial charge in [0.25, 0.3) is 5.91 Å². The molecule has 0 aliphatic carbocycles. The summed E-state index contributed by atoms with van der Waals surface area (Å²) in [4.78, 5) is 12.3. The van der Waals surface area contributed by atoms with Crippen molar-refractivity contribution in [3.05, 3.63) is 94.5 Å². The maximum Gasteiger partial charge on any atom is 0.251 e. The second kappa shape index (κ2) is 7.45. The monoisotopic (exact) mass is 379 g/mol. The van der Waals surface area contributed by atoms with Crippen LogP contribution < -0.4 is 5.32 Å². The minimum atomic E-state index is -0.0675. The highest BCUT2D eigenvalue weighted by Gasteiger charge is 2.11. The number of benzene rings is 3. The van der Waals surface area contributed by atoms with Crippen LogP contribution in [0.3, 0.4) is 0 Å². The average molecular weight is 380 g/mol. The minimum absolute atomic E-state index is 0.0500. The summed E-state index contributed by atoms with van der Waals surface area (Å²) >= 11 is 3.38.